The lowest BCUT2D eigenvalue weighted by molar-refractivity contribution is -0.137. The SMILES string of the molecule is Cc1ccc(CNc2cc(C(F)(F)F)ccc2Cl)cc1Cl. The maximum Gasteiger partial charge on any atom is 0.416 e. The zero-order valence-corrected chi connectivity index (χ0v) is 12.6. The van der Waals surface area contributed by atoms with Crippen LogP contribution in [0.4, 0.5) is 18.9 Å². The highest BCUT2D eigenvalue weighted by Crippen LogP contribution is 2.34. The molecule has 0 atom stereocenters. The van der Waals surface area contributed by atoms with Gasteiger partial charge in [-0.15, -0.1) is 0 Å². The van der Waals surface area contributed by atoms with Crippen molar-refractivity contribution in [2.24, 2.45) is 0 Å². The zero-order chi connectivity index (χ0) is 15.6. The smallest absolute Gasteiger partial charge is 0.380 e. The molecule has 0 amide bonds. The topological polar surface area (TPSA) is 12.0 Å². The van der Waals surface area contributed by atoms with E-state index in [2.05, 4.69) is 5.32 Å². The van der Waals surface area contributed by atoms with E-state index in [1.54, 1.807) is 6.07 Å². The Labute approximate surface area is 130 Å². The van der Waals surface area contributed by atoms with Crippen molar-refractivity contribution < 1.29 is 13.2 Å². The van der Waals surface area contributed by atoms with E-state index in [1.165, 1.54) is 6.07 Å². The van der Waals surface area contributed by atoms with Gasteiger partial charge in [0.15, 0.2) is 0 Å². The molecule has 0 fully saturated rings. The number of alkyl halides is 3. The quantitative estimate of drug-likeness (QED) is 0.733. The van der Waals surface area contributed by atoms with E-state index < -0.39 is 11.7 Å². The minimum atomic E-state index is -4.39. The molecule has 2 aromatic rings. The van der Waals surface area contributed by atoms with Gasteiger partial charge in [-0.3, -0.25) is 0 Å². The van der Waals surface area contributed by atoms with Gasteiger partial charge in [-0.05, 0) is 42.3 Å². The second-order valence-electron chi connectivity index (χ2n) is 4.63. The van der Waals surface area contributed by atoms with Gasteiger partial charge in [-0.2, -0.15) is 13.2 Å². The normalized spacial score (nSPS) is 11.5. The summed E-state index contributed by atoms with van der Waals surface area (Å²) in [6.45, 7) is 2.21. The van der Waals surface area contributed by atoms with E-state index >= 15 is 0 Å². The molecule has 0 aliphatic heterocycles. The molecular formula is C15H12Cl2F3N. The Bertz CT molecular complexity index is 654. The molecule has 1 nitrogen and oxygen atoms in total. The van der Waals surface area contributed by atoms with Crippen LogP contribution in [0.5, 0.6) is 0 Å². The van der Waals surface area contributed by atoms with Crippen molar-refractivity contribution in [2.75, 3.05) is 5.32 Å². The van der Waals surface area contributed by atoms with Gasteiger partial charge in [-0.1, -0.05) is 35.3 Å². The summed E-state index contributed by atoms with van der Waals surface area (Å²) in [5.41, 5.74) is 1.30. The third kappa shape index (κ3) is 4.05. The molecule has 0 aromatic heterocycles. The fraction of sp³-hybridized carbons (Fsp3) is 0.200. The van der Waals surface area contributed by atoms with Crippen LogP contribution in [-0.2, 0) is 12.7 Å². The summed E-state index contributed by atoms with van der Waals surface area (Å²) < 4.78 is 38.0. The third-order valence-electron chi connectivity index (χ3n) is 3.01. The zero-order valence-electron chi connectivity index (χ0n) is 11.1. The van der Waals surface area contributed by atoms with Crippen LogP contribution in [0.25, 0.3) is 0 Å². The second kappa shape index (κ2) is 6.16. The molecule has 0 heterocycles. The molecule has 2 rings (SSSR count). The van der Waals surface area contributed by atoms with Gasteiger partial charge >= 0.3 is 6.18 Å². The van der Waals surface area contributed by atoms with E-state index in [0.717, 1.165) is 23.3 Å². The van der Waals surface area contributed by atoms with Gasteiger partial charge in [0.2, 0.25) is 0 Å². The molecule has 21 heavy (non-hydrogen) atoms. The van der Waals surface area contributed by atoms with Gasteiger partial charge in [0.05, 0.1) is 16.3 Å². The molecular weight excluding hydrogens is 322 g/mol. The fourth-order valence-corrected chi connectivity index (χ4v) is 2.17. The van der Waals surface area contributed by atoms with Crippen molar-refractivity contribution in [3.63, 3.8) is 0 Å². The number of benzene rings is 2. The van der Waals surface area contributed by atoms with Crippen molar-refractivity contribution in [1.82, 2.24) is 0 Å². The molecule has 6 heteroatoms. The summed E-state index contributed by atoms with van der Waals surface area (Å²) in [6, 6.07) is 8.66. The fourth-order valence-electron chi connectivity index (χ4n) is 1.78. The molecule has 1 N–H and O–H groups in total. The predicted molar refractivity (Wildman–Crippen MR) is 80.0 cm³/mol. The van der Waals surface area contributed by atoms with Crippen LogP contribution in [0.3, 0.4) is 0 Å². The molecule has 0 radical (unpaired) electrons. The minimum absolute atomic E-state index is 0.237. The lowest BCUT2D eigenvalue weighted by atomic mass is 10.1. The Balaban J connectivity index is 2.17. The Morgan fingerprint density at radius 2 is 1.71 bits per heavy atom. The van der Waals surface area contributed by atoms with E-state index in [4.69, 9.17) is 23.2 Å². The number of halogens is 5. The van der Waals surface area contributed by atoms with Crippen LogP contribution in [0.1, 0.15) is 16.7 Å². The van der Waals surface area contributed by atoms with E-state index in [1.807, 2.05) is 19.1 Å². The average Bonchev–Trinajstić information content (AvgIpc) is 2.40. The largest absolute Gasteiger partial charge is 0.416 e. The van der Waals surface area contributed by atoms with Crippen LogP contribution in [-0.4, -0.2) is 0 Å². The molecule has 0 aliphatic rings. The summed E-state index contributed by atoms with van der Waals surface area (Å²) in [4.78, 5) is 0. The Morgan fingerprint density at radius 1 is 1.00 bits per heavy atom. The molecule has 112 valence electrons. The van der Waals surface area contributed by atoms with Gasteiger partial charge < -0.3 is 5.32 Å². The summed E-state index contributed by atoms with van der Waals surface area (Å²) in [5.74, 6) is 0. The van der Waals surface area contributed by atoms with Gasteiger partial charge in [-0.25, -0.2) is 0 Å². The van der Waals surface area contributed by atoms with Crippen LogP contribution < -0.4 is 5.32 Å². The predicted octanol–water partition coefficient (Wildman–Crippen LogP) is 5.93. The van der Waals surface area contributed by atoms with E-state index in [0.29, 0.717) is 11.6 Å². The number of hydrogen-bond acceptors (Lipinski definition) is 1. The van der Waals surface area contributed by atoms with Crippen LogP contribution in [0, 0.1) is 6.92 Å². The minimum Gasteiger partial charge on any atom is -0.380 e. The van der Waals surface area contributed by atoms with E-state index in [-0.39, 0.29) is 10.7 Å². The van der Waals surface area contributed by atoms with Crippen molar-refractivity contribution >= 4 is 28.9 Å². The Kier molecular flexibility index (Phi) is 4.69. The third-order valence-corrected chi connectivity index (χ3v) is 3.75. The Hall–Kier alpha value is -1.39. The number of nitrogens with one attached hydrogen (secondary N) is 1. The lowest BCUT2D eigenvalue weighted by Gasteiger charge is -2.13. The van der Waals surface area contributed by atoms with E-state index in [9.17, 15) is 13.2 Å². The summed E-state index contributed by atoms with van der Waals surface area (Å²) >= 11 is 11.9. The molecule has 0 bridgehead atoms. The molecule has 0 saturated carbocycles. The highest BCUT2D eigenvalue weighted by atomic mass is 35.5. The van der Waals surface area contributed by atoms with Crippen LogP contribution in [0.2, 0.25) is 10.0 Å². The first kappa shape index (κ1) is 16.0. The first-order valence-corrected chi connectivity index (χ1v) is 6.88. The molecule has 2 aromatic carbocycles. The average molecular weight is 334 g/mol. The van der Waals surface area contributed by atoms with Crippen LogP contribution >= 0.6 is 23.2 Å². The molecule has 0 aliphatic carbocycles. The number of aryl methyl sites for hydroxylation is 1. The molecule has 0 saturated heterocycles. The maximum atomic E-state index is 12.7. The summed E-state index contributed by atoms with van der Waals surface area (Å²) in [7, 11) is 0. The first-order chi connectivity index (χ1) is 9.77. The first-order valence-electron chi connectivity index (χ1n) is 6.13. The van der Waals surface area contributed by atoms with Crippen molar-refractivity contribution in [2.45, 2.75) is 19.6 Å². The number of anilines is 1. The maximum absolute atomic E-state index is 12.7. The summed E-state index contributed by atoms with van der Waals surface area (Å²) in [6.07, 6.45) is -4.39. The van der Waals surface area contributed by atoms with Crippen molar-refractivity contribution in [3.05, 3.63) is 63.1 Å². The van der Waals surface area contributed by atoms with Crippen molar-refractivity contribution in [1.29, 1.82) is 0 Å². The van der Waals surface area contributed by atoms with Gasteiger partial charge in [0.1, 0.15) is 0 Å². The van der Waals surface area contributed by atoms with Crippen molar-refractivity contribution in [3.8, 4) is 0 Å². The number of rotatable bonds is 3. The van der Waals surface area contributed by atoms with Crippen LogP contribution in [0.15, 0.2) is 36.4 Å². The van der Waals surface area contributed by atoms with Gasteiger partial charge in [0.25, 0.3) is 0 Å². The molecule has 0 unspecified atom stereocenters. The highest BCUT2D eigenvalue weighted by molar-refractivity contribution is 6.33. The second-order valence-corrected chi connectivity index (χ2v) is 5.44. The van der Waals surface area contributed by atoms with Gasteiger partial charge in [0, 0.05) is 11.6 Å². The standard InChI is InChI=1S/C15H12Cl2F3N/c1-9-2-3-10(6-13(9)17)8-21-14-7-11(15(18,19)20)4-5-12(14)16/h2-7,21H,8H2,1H3. The number of hydrogen-bond donors (Lipinski definition) is 1. The Morgan fingerprint density at radius 3 is 2.33 bits per heavy atom. The summed E-state index contributed by atoms with van der Waals surface area (Å²) in [5, 5.41) is 3.75. The molecule has 0 spiro atoms. The lowest BCUT2D eigenvalue weighted by Crippen LogP contribution is -2.07. The monoisotopic (exact) mass is 333 g/mol. The highest BCUT2D eigenvalue weighted by Gasteiger charge is 2.30.